The molecule has 2 unspecified atom stereocenters. The number of rotatable bonds is 1. The Kier molecular flexibility index (Phi) is 3.02. The second-order valence-corrected chi connectivity index (χ2v) is 4.04. The highest BCUT2D eigenvalue weighted by Gasteiger charge is 2.23. The molecule has 1 saturated heterocycles. The highest BCUT2D eigenvalue weighted by atomic mass is 16.5. The van der Waals surface area contributed by atoms with Gasteiger partial charge in [-0.1, -0.05) is 0 Å². The maximum atomic E-state index is 8.77. The molecular weight excluding hydrogens is 204 g/mol. The molecule has 0 aromatic carbocycles. The van der Waals surface area contributed by atoms with E-state index in [1.165, 1.54) is 6.20 Å². The summed E-state index contributed by atoms with van der Waals surface area (Å²) in [5.41, 5.74) is 0.351. The molecule has 1 aliphatic rings. The van der Waals surface area contributed by atoms with Crippen LogP contribution >= 0.6 is 0 Å². The first-order valence-electron chi connectivity index (χ1n) is 5.31. The van der Waals surface area contributed by atoms with Crippen molar-refractivity contribution in [2.75, 3.05) is 18.0 Å². The maximum absolute atomic E-state index is 8.77. The summed E-state index contributed by atoms with van der Waals surface area (Å²) in [6, 6.07) is 2.00. The lowest BCUT2D eigenvalue weighted by Crippen LogP contribution is -2.45. The fourth-order valence-electron chi connectivity index (χ4n) is 1.93. The van der Waals surface area contributed by atoms with E-state index >= 15 is 0 Å². The molecule has 1 aromatic heterocycles. The van der Waals surface area contributed by atoms with Crippen molar-refractivity contribution >= 4 is 5.82 Å². The molecule has 2 rings (SSSR count). The minimum atomic E-state index is 0.177. The summed E-state index contributed by atoms with van der Waals surface area (Å²) in [6.45, 7) is 5.64. The second-order valence-electron chi connectivity index (χ2n) is 4.04. The van der Waals surface area contributed by atoms with Crippen LogP contribution < -0.4 is 4.90 Å². The van der Waals surface area contributed by atoms with Gasteiger partial charge in [-0.3, -0.25) is 4.98 Å². The van der Waals surface area contributed by atoms with Gasteiger partial charge in [0, 0.05) is 13.1 Å². The van der Waals surface area contributed by atoms with E-state index in [0.29, 0.717) is 5.69 Å². The molecule has 2 atom stereocenters. The van der Waals surface area contributed by atoms with Gasteiger partial charge in [0.1, 0.15) is 11.9 Å². The first kappa shape index (κ1) is 10.8. The normalized spacial score (nSPS) is 25.2. The first-order chi connectivity index (χ1) is 7.69. The Morgan fingerprint density at radius 1 is 1.38 bits per heavy atom. The van der Waals surface area contributed by atoms with E-state index in [1.807, 2.05) is 19.9 Å². The van der Waals surface area contributed by atoms with E-state index in [2.05, 4.69) is 14.9 Å². The minimum absolute atomic E-state index is 0.177. The Morgan fingerprint density at radius 2 is 2.06 bits per heavy atom. The third-order valence-corrected chi connectivity index (χ3v) is 2.48. The molecule has 0 amide bonds. The van der Waals surface area contributed by atoms with Crippen molar-refractivity contribution in [2.45, 2.75) is 26.1 Å². The Morgan fingerprint density at radius 3 is 2.69 bits per heavy atom. The molecule has 0 spiro atoms. The number of nitrogens with zero attached hydrogens (tertiary/aromatic N) is 4. The predicted molar refractivity (Wildman–Crippen MR) is 59.0 cm³/mol. The Hall–Kier alpha value is -1.67. The van der Waals surface area contributed by atoms with Crippen LogP contribution in [0.2, 0.25) is 0 Å². The van der Waals surface area contributed by atoms with Crippen LogP contribution in [0.15, 0.2) is 12.4 Å². The van der Waals surface area contributed by atoms with Gasteiger partial charge < -0.3 is 9.64 Å². The number of morpholine rings is 1. The quantitative estimate of drug-likeness (QED) is 0.702. The zero-order valence-electron chi connectivity index (χ0n) is 9.42. The van der Waals surface area contributed by atoms with Crippen molar-refractivity contribution in [1.29, 1.82) is 5.26 Å². The van der Waals surface area contributed by atoms with Gasteiger partial charge >= 0.3 is 0 Å². The summed E-state index contributed by atoms with van der Waals surface area (Å²) in [5, 5.41) is 8.77. The molecule has 0 N–H and O–H groups in total. The zero-order chi connectivity index (χ0) is 11.5. The summed E-state index contributed by atoms with van der Waals surface area (Å²) in [5.74, 6) is 0.751. The predicted octanol–water partition coefficient (Wildman–Crippen LogP) is 0.962. The van der Waals surface area contributed by atoms with E-state index in [-0.39, 0.29) is 12.2 Å². The number of anilines is 1. The molecule has 1 aliphatic heterocycles. The van der Waals surface area contributed by atoms with Gasteiger partial charge in [-0.2, -0.15) is 5.26 Å². The van der Waals surface area contributed by atoms with Gasteiger partial charge in [-0.15, -0.1) is 0 Å². The lowest BCUT2D eigenvalue weighted by atomic mass is 10.2. The molecule has 84 valence electrons. The molecule has 1 fully saturated rings. The van der Waals surface area contributed by atoms with Gasteiger partial charge in [0.15, 0.2) is 5.69 Å². The van der Waals surface area contributed by atoms with Crippen molar-refractivity contribution in [1.82, 2.24) is 9.97 Å². The highest BCUT2D eigenvalue weighted by molar-refractivity contribution is 5.39. The molecule has 2 heterocycles. The topological polar surface area (TPSA) is 62.0 Å². The van der Waals surface area contributed by atoms with Crippen molar-refractivity contribution in [3.8, 4) is 6.07 Å². The molecule has 1 aromatic rings. The van der Waals surface area contributed by atoms with Crippen LogP contribution in [0.1, 0.15) is 19.5 Å². The Balaban J connectivity index is 2.20. The van der Waals surface area contributed by atoms with Crippen molar-refractivity contribution < 1.29 is 4.74 Å². The summed E-state index contributed by atoms with van der Waals surface area (Å²) in [7, 11) is 0. The SMILES string of the molecule is CC1CN(c2cncc(C#N)n2)CC(C)O1. The minimum Gasteiger partial charge on any atom is -0.372 e. The van der Waals surface area contributed by atoms with Crippen molar-refractivity contribution in [3.05, 3.63) is 18.1 Å². The van der Waals surface area contributed by atoms with Crippen molar-refractivity contribution in [2.24, 2.45) is 0 Å². The van der Waals surface area contributed by atoms with E-state index < -0.39 is 0 Å². The monoisotopic (exact) mass is 218 g/mol. The fraction of sp³-hybridized carbons (Fsp3) is 0.545. The van der Waals surface area contributed by atoms with E-state index in [4.69, 9.17) is 10.00 Å². The van der Waals surface area contributed by atoms with E-state index in [0.717, 1.165) is 18.9 Å². The van der Waals surface area contributed by atoms with Crippen molar-refractivity contribution in [3.63, 3.8) is 0 Å². The van der Waals surface area contributed by atoms with Crippen LogP contribution in [0, 0.1) is 11.3 Å². The molecule has 0 saturated carbocycles. The summed E-state index contributed by atoms with van der Waals surface area (Å²) in [4.78, 5) is 10.3. The Labute approximate surface area is 94.7 Å². The van der Waals surface area contributed by atoms with Crippen LogP contribution in [0.4, 0.5) is 5.82 Å². The first-order valence-corrected chi connectivity index (χ1v) is 5.31. The number of aromatic nitrogens is 2. The van der Waals surface area contributed by atoms with E-state index in [1.54, 1.807) is 6.20 Å². The van der Waals surface area contributed by atoms with E-state index in [9.17, 15) is 0 Å². The van der Waals surface area contributed by atoms with Gasteiger partial charge in [-0.05, 0) is 13.8 Å². The average molecular weight is 218 g/mol. The molecule has 5 heteroatoms. The summed E-state index contributed by atoms with van der Waals surface area (Å²) < 4.78 is 5.64. The van der Waals surface area contributed by atoms with Gasteiger partial charge in [0.25, 0.3) is 0 Å². The largest absolute Gasteiger partial charge is 0.372 e. The summed E-state index contributed by atoms with van der Waals surface area (Å²) >= 11 is 0. The van der Waals surface area contributed by atoms with Gasteiger partial charge in [0.2, 0.25) is 0 Å². The molecule has 16 heavy (non-hydrogen) atoms. The van der Waals surface area contributed by atoms with Crippen LogP contribution in [-0.4, -0.2) is 35.3 Å². The van der Waals surface area contributed by atoms with Crippen LogP contribution in [0.25, 0.3) is 0 Å². The summed E-state index contributed by atoms with van der Waals surface area (Å²) in [6.07, 6.45) is 3.51. The highest BCUT2D eigenvalue weighted by Crippen LogP contribution is 2.17. The molecule has 0 radical (unpaired) electrons. The third-order valence-electron chi connectivity index (χ3n) is 2.48. The molecule has 5 nitrogen and oxygen atoms in total. The second kappa shape index (κ2) is 4.45. The van der Waals surface area contributed by atoms with Crippen LogP contribution in [0.3, 0.4) is 0 Å². The molecular formula is C11H14N4O. The zero-order valence-corrected chi connectivity index (χ0v) is 9.42. The maximum Gasteiger partial charge on any atom is 0.161 e. The smallest absolute Gasteiger partial charge is 0.161 e. The third kappa shape index (κ3) is 2.28. The molecule has 0 aliphatic carbocycles. The number of ether oxygens (including phenoxy) is 1. The van der Waals surface area contributed by atoms with Gasteiger partial charge in [-0.25, -0.2) is 4.98 Å². The number of hydrogen-bond acceptors (Lipinski definition) is 5. The van der Waals surface area contributed by atoms with Crippen LogP contribution in [-0.2, 0) is 4.74 Å². The standard InChI is InChI=1S/C11H14N4O/c1-8-6-15(7-9(2)16-8)11-5-13-4-10(3-12)14-11/h4-5,8-9H,6-7H2,1-2H3. The Bertz CT molecular complexity index is 405. The number of nitriles is 1. The van der Waals surface area contributed by atoms with Gasteiger partial charge in [0.05, 0.1) is 24.6 Å². The number of hydrogen-bond donors (Lipinski definition) is 0. The lowest BCUT2D eigenvalue weighted by Gasteiger charge is -2.35. The average Bonchev–Trinajstić information content (AvgIpc) is 2.28. The molecule has 0 bridgehead atoms. The lowest BCUT2D eigenvalue weighted by molar-refractivity contribution is -0.00548. The van der Waals surface area contributed by atoms with Crippen LogP contribution in [0.5, 0.6) is 0 Å². The fourth-order valence-corrected chi connectivity index (χ4v) is 1.93.